The molecule has 1 fully saturated rings. The van der Waals surface area contributed by atoms with Gasteiger partial charge in [-0.3, -0.25) is 0 Å². The van der Waals surface area contributed by atoms with Crippen molar-refractivity contribution in [3.05, 3.63) is 0 Å². The third-order valence-corrected chi connectivity index (χ3v) is 1.95. The van der Waals surface area contributed by atoms with Gasteiger partial charge in [0.05, 0.1) is 12.2 Å². The number of ether oxygens (including phenoxy) is 1. The Balaban J connectivity index is 0.000000561. The summed E-state index contributed by atoms with van der Waals surface area (Å²) in [4.78, 5) is 2.33. The Morgan fingerprint density at radius 1 is 1.17 bits per heavy atom. The van der Waals surface area contributed by atoms with Crippen molar-refractivity contribution in [2.75, 3.05) is 20.1 Å². The average Bonchev–Trinajstić information content (AvgIpc) is 2.16. The highest BCUT2D eigenvalue weighted by Gasteiger charge is 2.15. The first-order valence-corrected chi connectivity index (χ1v) is 5.02. The second kappa shape index (κ2) is 6.44. The minimum absolute atomic E-state index is 0.405. The predicted molar refractivity (Wildman–Crippen MR) is 53.5 cm³/mol. The molecule has 2 nitrogen and oxygen atoms in total. The van der Waals surface area contributed by atoms with Gasteiger partial charge in [0, 0.05) is 13.1 Å². The summed E-state index contributed by atoms with van der Waals surface area (Å²) >= 11 is 0. The molecule has 1 saturated heterocycles. The van der Waals surface area contributed by atoms with Crippen molar-refractivity contribution < 1.29 is 4.74 Å². The molecule has 0 radical (unpaired) electrons. The molecular formula is C10H23NO. The van der Waals surface area contributed by atoms with Crippen LogP contribution in [0, 0.1) is 0 Å². The molecule has 0 saturated carbocycles. The third kappa shape index (κ3) is 4.73. The van der Waals surface area contributed by atoms with E-state index in [2.05, 4.69) is 25.8 Å². The summed E-state index contributed by atoms with van der Waals surface area (Å²) in [6.07, 6.45) is 2.02. The second-order valence-electron chi connectivity index (χ2n) is 3.31. The van der Waals surface area contributed by atoms with E-state index >= 15 is 0 Å². The molecule has 0 spiro atoms. The molecule has 1 aliphatic rings. The lowest BCUT2D eigenvalue weighted by Gasteiger charge is -2.15. The van der Waals surface area contributed by atoms with E-state index in [1.165, 1.54) is 13.0 Å². The Morgan fingerprint density at radius 2 is 1.75 bits per heavy atom. The van der Waals surface area contributed by atoms with E-state index in [0.717, 1.165) is 6.54 Å². The van der Waals surface area contributed by atoms with Crippen molar-refractivity contribution in [2.24, 2.45) is 0 Å². The molecular weight excluding hydrogens is 150 g/mol. The van der Waals surface area contributed by atoms with Gasteiger partial charge < -0.3 is 9.64 Å². The monoisotopic (exact) mass is 173 g/mol. The van der Waals surface area contributed by atoms with E-state index in [9.17, 15) is 0 Å². The summed E-state index contributed by atoms with van der Waals surface area (Å²) in [5.74, 6) is 0. The zero-order chi connectivity index (χ0) is 9.56. The van der Waals surface area contributed by atoms with Gasteiger partial charge in [0.15, 0.2) is 0 Å². The number of hydrogen-bond acceptors (Lipinski definition) is 2. The van der Waals surface area contributed by atoms with Crippen LogP contribution in [-0.4, -0.2) is 37.2 Å². The number of hydrogen-bond donors (Lipinski definition) is 0. The first-order chi connectivity index (χ1) is 5.68. The van der Waals surface area contributed by atoms with Crippen LogP contribution in [0.1, 0.15) is 34.1 Å². The van der Waals surface area contributed by atoms with Gasteiger partial charge in [-0.25, -0.2) is 0 Å². The van der Waals surface area contributed by atoms with Crippen LogP contribution in [0.2, 0.25) is 0 Å². The van der Waals surface area contributed by atoms with Crippen LogP contribution >= 0.6 is 0 Å². The van der Waals surface area contributed by atoms with Gasteiger partial charge in [-0.1, -0.05) is 13.8 Å². The fourth-order valence-electron chi connectivity index (χ4n) is 1.44. The molecule has 1 rings (SSSR count). The third-order valence-electron chi connectivity index (χ3n) is 1.95. The molecule has 0 N–H and O–H groups in total. The molecule has 1 aliphatic heterocycles. The topological polar surface area (TPSA) is 12.5 Å². The van der Waals surface area contributed by atoms with Crippen LogP contribution < -0.4 is 0 Å². The molecule has 0 amide bonds. The average molecular weight is 173 g/mol. The first-order valence-electron chi connectivity index (χ1n) is 5.02. The van der Waals surface area contributed by atoms with E-state index in [-0.39, 0.29) is 0 Å². The Labute approximate surface area is 76.9 Å². The molecule has 12 heavy (non-hydrogen) atoms. The fourth-order valence-corrected chi connectivity index (χ4v) is 1.44. The van der Waals surface area contributed by atoms with Crippen molar-refractivity contribution in [3.63, 3.8) is 0 Å². The lowest BCUT2D eigenvalue weighted by Crippen LogP contribution is -2.26. The Bertz CT molecular complexity index is 94.0. The first kappa shape index (κ1) is 11.9. The van der Waals surface area contributed by atoms with Gasteiger partial charge in [0.2, 0.25) is 0 Å². The van der Waals surface area contributed by atoms with Crippen molar-refractivity contribution in [3.8, 4) is 0 Å². The lowest BCUT2D eigenvalue weighted by atomic mass is 10.3. The molecule has 0 aromatic rings. The molecule has 74 valence electrons. The van der Waals surface area contributed by atoms with Gasteiger partial charge >= 0.3 is 0 Å². The molecule has 0 aliphatic carbocycles. The summed E-state index contributed by atoms with van der Waals surface area (Å²) < 4.78 is 5.64. The maximum absolute atomic E-state index is 5.64. The summed E-state index contributed by atoms with van der Waals surface area (Å²) in [6.45, 7) is 10.5. The molecule has 0 bridgehead atoms. The van der Waals surface area contributed by atoms with Crippen LogP contribution in [-0.2, 0) is 4.74 Å². The highest BCUT2D eigenvalue weighted by atomic mass is 16.5. The van der Waals surface area contributed by atoms with E-state index < -0.39 is 0 Å². The summed E-state index contributed by atoms with van der Waals surface area (Å²) in [7, 11) is 2.15. The van der Waals surface area contributed by atoms with Crippen LogP contribution in [0.25, 0.3) is 0 Å². The number of nitrogens with zero attached hydrogens (tertiary/aromatic N) is 1. The summed E-state index contributed by atoms with van der Waals surface area (Å²) in [6, 6.07) is 0. The predicted octanol–water partition coefficient (Wildman–Crippen LogP) is 2.14. The summed E-state index contributed by atoms with van der Waals surface area (Å²) in [5.41, 5.74) is 0. The van der Waals surface area contributed by atoms with Crippen molar-refractivity contribution in [2.45, 2.75) is 46.3 Å². The van der Waals surface area contributed by atoms with E-state index in [1.807, 2.05) is 13.8 Å². The van der Waals surface area contributed by atoms with E-state index in [1.54, 1.807) is 0 Å². The molecule has 1 heterocycles. The smallest absolute Gasteiger partial charge is 0.0677 e. The minimum atomic E-state index is 0.405. The van der Waals surface area contributed by atoms with Crippen molar-refractivity contribution in [1.82, 2.24) is 4.90 Å². The van der Waals surface area contributed by atoms with Crippen molar-refractivity contribution >= 4 is 0 Å². The Kier molecular flexibility index (Phi) is 6.39. The fraction of sp³-hybridized carbons (Fsp3) is 1.00. The van der Waals surface area contributed by atoms with Crippen molar-refractivity contribution in [1.29, 1.82) is 0 Å². The van der Waals surface area contributed by atoms with Crippen LogP contribution in [0.5, 0.6) is 0 Å². The molecule has 0 aromatic heterocycles. The maximum atomic E-state index is 5.64. The molecule has 2 heteroatoms. The van der Waals surface area contributed by atoms with Gasteiger partial charge in [0.25, 0.3) is 0 Å². The van der Waals surface area contributed by atoms with Gasteiger partial charge in [-0.2, -0.15) is 0 Å². The Morgan fingerprint density at radius 3 is 2.33 bits per heavy atom. The van der Waals surface area contributed by atoms with Gasteiger partial charge in [0.1, 0.15) is 0 Å². The summed E-state index contributed by atoms with van der Waals surface area (Å²) in [5, 5.41) is 0. The van der Waals surface area contributed by atoms with Crippen LogP contribution in [0.15, 0.2) is 0 Å². The lowest BCUT2D eigenvalue weighted by molar-refractivity contribution is 0.0155. The van der Waals surface area contributed by atoms with E-state index in [0.29, 0.717) is 12.2 Å². The van der Waals surface area contributed by atoms with E-state index in [4.69, 9.17) is 4.74 Å². The standard InChI is InChI=1S/C8H17NO.C2H6/c1-7-4-5-9(3)6-8(2)10-7;1-2/h7-8H,4-6H2,1-3H3;1-2H3/t7-,8-;/m0./s1. The quantitative estimate of drug-likeness (QED) is 0.556. The highest BCUT2D eigenvalue weighted by Crippen LogP contribution is 2.08. The van der Waals surface area contributed by atoms with Crippen LogP contribution in [0.3, 0.4) is 0 Å². The minimum Gasteiger partial charge on any atom is -0.374 e. The van der Waals surface area contributed by atoms with Gasteiger partial charge in [-0.05, 0) is 27.3 Å². The number of likely N-dealkylation sites (N-methyl/N-ethyl adjacent to an activating group) is 1. The number of rotatable bonds is 0. The van der Waals surface area contributed by atoms with Crippen LogP contribution in [0.4, 0.5) is 0 Å². The zero-order valence-corrected chi connectivity index (χ0v) is 9.13. The molecule has 2 atom stereocenters. The zero-order valence-electron chi connectivity index (χ0n) is 9.13. The second-order valence-corrected chi connectivity index (χ2v) is 3.31. The Hall–Kier alpha value is -0.0800. The van der Waals surface area contributed by atoms with Gasteiger partial charge in [-0.15, -0.1) is 0 Å². The normalized spacial score (nSPS) is 31.8. The molecule has 0 aromatic carbocycles. The maximum Gasteiger partial charge on any atom is 0.0677 e. The molecule has 0 unspecified atom stereocenters. The SMILES string of the molecule is CC.C[C@H]1CCN(C)C[C@H](C)O1. The largest absolute Gasteiger partial charge is 0.374 e. The highest BCUT2D eigenvalue weighted by molar-refractivity contribution is 4.66.